The molecule has 1 saturated heterocycles. The van der Waals surface area contributed by atoms with Crippen LogP contribution in [-0.4, -0.2) is 26.1 Å². The molecule has 3 aromatic carbocycles. The summed E-state index contributed by atoms with van der Waals surface area (Å²) in [5, 5.41) is 5.02. The maximum absolute atomic E-state index is 5.72. The van der Waals surface area contributed by atoms with E-state index in [-0.39, 0.29) is 0 Å². The topological polar surface area (TPSA) is 31.0 Å². The van der Waals surface area contributed by atoms with E-state index in [1.54, 1.807) is 7.11 Å². The summed E-state index contributed by atoms with van der Waals surface area (Å²) in [6, 6.07) is 19.3. The van der Waals surface area contributed by atoms with Gasteiger partial charge in [0.25, 0.3) is 0 Å². The lowest BCUT2D eigenvalue weighted by atomic mass is 10.0. The standard InChI is InChI=1S/C19H18O3/c1-20-19(13-22-19)12-21-11-14-6-7-17-9-15-4-2-3-5-16(15)10-18(17)8-14/h2-10H,11-13H2,1H3. The first-order valence-electron chi connectivity index (χ1n) is 7.46. The minimum Gasteiger partial charge on any atom is -0.371 e. The molecule has 0 radical (unpaired) electrons. The predicted molar refractivity (Wildman–Crippen MR) is 86.8 cm³/mol. The Morgan fingerprint density at radius 3 is 2.32 bits per heavy atom. The van der Waals surface area contributed by atoms with E-state index in [2.05, 4.69) is 54.6 Å². The average molecular weight is 294 g/mol. The second-order valence-corrected chi connectivity index (χ2v) is 5.78. The van der Waals surface area contributed by atoms with Crippen molar-refractivity contribution in [2.75, 3.05) is 20.3 Å². The first-order valence-corrected chi connectivity index (χ1v) is 7.46. The minimum atomic E-state index is -0.493. The molecule has 0 N–H and O–H groups in total. The third kappa shape index (κ3) is 2.59. The van der Waals surface area contributed by atoms with E-state index in [9.17, 15) is 0 Å². The molecule has 3 aromatic rings. The highest BCUT2D eigenvalue weighted by Crippen LogP contribution is 2.28. The molecule has 1 atom stereocenters. The summed E-state index contributed by atoms with van der Waals surface area (Å²) < 4.78 is 16.2. The number of benzene rings is 3. The van der Waals surface area contributed by atoms with Gasteiger partial charge in [0.05, 0.1) is 6.61 Å². The van der Waals surface area contributed by atoms with Gasteiger partial charge >= 0.3 is 0 Å². The summed E-state index contributed by atoms with van der Waals surface area (Å²) in [5.74, 6) is -0.493. The van der Waals surface area contributed by atoms with Crippen LogP contribution >= 0.6 is 0 Å². The van der Waals surface area contributed by atoms with Gasteiger partial charge in [-0.05, 0) is 45.3 Å². The fourth-order valence-corrected chi connectivity index (χ4v) is 2.74. The SMILES string of the molecule is COC1(COCc2ccc3cc4ccccc4cc3c2)CO1. The number of methoxy groups -OCH3 is 1. The first-order chi connectivity index (χ1) is 10.8. The van der Waals surface area contributed by atoms with Crippen LogP contribution in [0.4, 0.5) is 0 Å². The van der Waals surface area contributed by atoms with Crippen LogP contribution in [0.15, 0.2) is 54.6 Å². The maximum atomic E-state index is 5.72. The zero-order valence-corrected chi connectivity index (χ0v) is 12.5. The maximum Gasteiger partial charge on any atom is 0.216 e. The molecular weight excluding hydrogens is 276 g/mol. The normalized spacial score (nSPS) is 20.6. The number of epoxide rings is 1. The zero-order chi connectivity index (χ0) is 15.0. The molecule has 1 unspecified atom stereocenters. The van der Waals surface area contributed by atoms with Crippen molar-refractivity contribution in [3.63, 3.8) is 0 Å². The van der Waals surface area contributed by atoms with Gasteiger partial charge in [0.1, 0.15) is 13.2 Å². The van der Waals surface area contributed by atoms with Gasteiger partial charge in [0, 0.05) is 7.11 Å². The highest BCUT2D eigenvalue weighted by molar-refractivity contribution is 5.98. The number of ether oxygens (including phenoxy) is 3. The highest BCUT2D eigenvalue weighted by atomic mass is 16.8. The first kappa shape index (κ1) is 13.7. The van der Waals surface area contributed by atoms with E-state index < -0.39 is 5.79 Å². The van der Waals surface area contributed by atoms with Gasteiger partial charge in [0.2, 0.25) is 5.79 Å². The van der Waals surface area contributed by atoms with Crippen LogP contribution in [0.5, 0.6) is 0 Å². The van der Waals surface area contributed by atoms with Crippen LogP contribution in [-0.2, 0) is 20.8 Å². The monoisotopic (exact) mass is 294 g/mol. The van der Waals surface area contributed by atoms with Crippen molar-refractivity contribution in [1.29, 1.82) is 0 Å². The summed E-state index contributed by atoms with van der Waals surface area (Å²) >= 11 is 0. The van der Waals surface area contributed by atoms with Crippen molar-refractivity contribution < 1.29 is 14.2 Å². The fourth-order valence-electron chi connectivity index (χ4n) is 2.74. The van der Waals surface area contributed by atoms with E-state index in [0.29, 0.717) is 19.8 Å². The van der Waals surface area contributed by atoms with Crippen LogP contribution in [0, 0.1) is 0 Å². The molecule has 0 bridgehead atoms. The molecule has 1 heterocycles. The highest BCUT2D eigenvalue weighted by Gasteiger charge is 2.45. The van der Waals surface area contributed by atoms with Crippen LogP contribution in [0.2, 0.25) is 0 Å². The van der Waals surface area contributed by atoms with E-state index in [4.69, 9.17) is 14.2 Å². The van der Waals surface area contributed by atoms with E-state index in [1.165, 1.54) is 21.5 Å². The molecule has 4 rings (SSSR count). The van der Waals surface area contributed by atoms with Crippen LogP contribution in [0.3, 0.4) is 0 Å². The zero-order valence-electron chi connectivity index (χ0n) is 12.5. The van der Waals surface area contributed by atoms with Crippen molar-refractivity contribution in [3.8, 4) is 0 Å². The van der Waals surface area contributed by atoms with Crippen molar-refractivity contribution in [3.05, 3.63) is 60.2 Å². The Hall–Kier alpha value is -1.94. The minimum absolute atomic E-state index is 0.471. The Morgan fingerprint density at radius 1 is 0.955 bits per heavy atom. The number of fused-ring (bicyclic) bond motifs is 2. The van der Waals surface area contributed by atoms with Gasteiger partial charge in [-0.2, -0.15) is 0 Å². The van der Waals surface area contributed by atoms with Crippen molar-refractivity contribution in [2.24, 2.45) is 0 Å². The molecule has 3 heteroatoms. The van der Waals surface area contributed by atoms with Gasteiger partial charge in [0.15, 0.2) is 0 Å². The third-order valence-electron chi connectivity index (χ3n) is 4.20. The van der Waals surface area contributed by atoms with Crippen molar-refractivity contribution in [1.82, 2.24) is 0 Å². The number of rotatable bonds is 5. The summed E-state index contributed by atoms with van der Waals surface area (Å²) in [5.41, 5.74) is 1.16. The average Bonchev–Trinajstić information content (AvgIpc) is 3.33. The van der Waals surface area contributed by atoms with Gasteiger partial charge in [-0.15, -0.1) is 0 Å². The molecule has 0 aromatic heterocycles. The molecule has 0 aliphatic carbocycles. The fraction of sp³-hybridized carbons (Fsp3) is 0.263. The molecule has 0 saturated carbocycles. The Morgan fingerprint density at radius 2 is 1.64 bits per heavy atom. The molecule has 0 amide bonds. The largest absolute Gasteiger partial charge is 0.371 e. The lowest BCUT2D eigenvalue weighted by molar-refractivity contribution is -0.0752. The Bertz CT molecular complexity index is 821. The summed E-state index contributed by atoms with van der Waals surface area (Å²) in [7, 11) is 1.65. The molecule has 1 fully saturated rings. The lowest BCUT2D eigenvalue weighted by Gasteiger charge is -2.11. The van der Waals surface area contributed by atoms with Crippen molar-refractivity contribution in [2.45, 2.75) is 12.4 Å². The predicted octanol–water partition coefficient (Wildman–Crippen LogP) is 3.88. The summed E-state index contributed by atoms with van der Waals surface area (Å²) in [4.78, 5) is 0. The molecule has 112 valence electrons. The third-order valence-corrected chi connectivity index (χ3v) is 4.20. The van der Waals surface area contributed by atoms with Gasteiger partial charge < -0.3 is 14.2 Å². The van der Waals surface area contributed by atoms with Crippen LogP contribution in [0.25, 0.3) is 21.5 Å². The smallest absolute Gasteiger partial charge is 0.216 e. The Kier molecular flexibility index (Phi) is 3.34. The molecule has 22 heavy (non-hydrogen) atoms. The molecule has 1 aliphatic rings. The number of hydrogen-bond acceptors (Lipinski definition) is 3. The van der Waals surface area contributed by atoms with E-state index >= 15 is 0 Å². The van der Waals surface area contributed by atoms with Gasteiger partial charge in [-0.25, -0.2) is 0 Å². The lowest BCUT2D eigenvalue weighted by Crippen LogP contribution is -2.21. The second-order valence-electron chi connectivity index (χ2n) is 5.78. The van der Waals surface area contributed by atoms with E-state index in [0.717, 1.165) is 5.56 Å². The molecule has 0 spiro atoms. The van der Waals surface area contributed by atoms with Gasteiger partial charge in [-0.1, -0.05) is 36.4 Å². The number of hydrogen-bond donors (Lipinski definition) is 0. The van der Waals surface area contributed by atoms with Gasteiger partial charge in [-0.3, -0.25) is 0 Å². The molecule has 1 aliphatic heterocycles. The summed E-state index contributed by atoms with van der Waals surface area (Å²) in [6.45, 7) is 1.66. The van der Waals surface area contributed by atoms with Crippen LogP contribution < -0.4 is 0 Å². The Balaban J connectivity index is 1.56. The summed E-state index contributed by atoms with van der Waals surface area (Å²) in [6.07, 6.45) is 0. The second kappa shape index (κ2) is 5.36. The molecule has 3 nitrogen and oxygen atoms in total. The van der Waals surface area contributed by atoms with E-state index in [1.807, 2.05) is 0 Å². The van der Waals surface area contributed by atoms with Crippen LogP contribution in [0.1, 0.15) is 5.56 Å². The quantitative estimate of drug-likeness (QED) is 0.528. The molecular formula is C19H18O3. The van der Waals surface area contributed by atoms with Crippen molar-refractivity contribution >= 4 is 21.5 Å². The Labute approximate surface area is 129 Å².